The summed E-state index contributed by atoms with van der Waals surface area (Å²) >= 11 is 0. The van der Waals surface area contributed by atoms with Crippen LogP contribution in [0.2, 0.25) is 0 Å². The SMILES string of the molecule is [2H]c1nc(C)n(C)c1C([2H])([2H])[C@H]1COC(=O)[C@@]1([2H])CC. The number of hydrogen-bond donors (Lipinski definition) is 0. The third-order valence-corrected chi connectivity index (χ3v) is 2.90. The second-order valence-corrected chi connectivity index (χ2v) is 3.85. The van der Waals surface area contributed by atoms with Crippen LogP contribution < -0.4 is 0 Å². The summed E-state index contributed by atoms with van der Waals surface area (Å²) in [5, 5.41) is 0. The number of aromatic nitrogens is 2. The van der Waals surface area contributed by atoms with Crippen LogP contribution in [0, 0.1) is 18.7 Å². The number of carbonyl (C=O) groups is 1. The van der Waals surface area contributed by atoms with Gasteiger partial charge in [0.1, 0.15) is 5.82 Å². The molecule has 0 saturated carbocycles. The monoisotopic (exact) mass is 226 g/mol. The Hall–Kier alpha value is -1.32. The lowest BCUT2D eigenvalue weighted by Crippen LogP contribution is -2.18. The number of cyclic esters (lactones) is 1. The van der Waals surface area contributed by atoms with Crippen molar-refractivity contribution in [3.8, 4) is 0 Å². The average Bonchev–Trinajstić information content (AvgIpc) is 2.79. The maximum atomic E-state index is 11.7. The molecule has 88 valence electrons. The van der Waals surface area contributed by atoms with Gasteiger partial charge in [0.2, 0.25) is 0 Å². The first-order chi connectivity index (χ1) is 9.16. The minimum atomic E-state index is -2.03. The molecule has 0 aliphatic carbocycles. The molecule has 0 unspecified atom stereocenters. The van der Waals surface area contributed by atoms with Gasteiger partial charge in [0.05, 0.1) is 13.9 Å². The lowest BCUT2D eigenvalue weighted by Gasteiger charge is -2.13. The van der Waals surface area contributed by atoms with Gasteiger partial charge in [-0.15, -0.1) is 0 Å². The summed E-state index contributed by atoms with van der Waals surface area (Å²) in [7, 11) is 1.63. The maximum Gasteiger partial charge on any atom is 0.309 e. The molecule has 2 rings (SSSR count). The van der Waals surface area contributed by atoms with Crippen molar-refractivity contribution in [2.75, 3.05) is 6.61 Å². The van der Waals surface area contributed by atoms with Crippen molar-refractivity contribution in [2.45, 2.75) is 26.6 Å². The fraction of sp³-hybridized carbons (Fsp3) is 0.667. The zero-order chi connectivity index (χ0) is 15.3. The van der Waals surface area contributed by atoms with E-state index >= 15 is 0 Å². The van der Waals surface area contributed by atoms with E-state index in [9.17, 15) is 4.79 Å². The molecule has 0 spiro atoms. The molecule has 0 aromatic carbocycles. The minimum absolute atomic E-state index is 0.0865. The van der Waals surface area contributed by atoms with E-state index in [2.05, 4.69) is 4.98 Å². The second kappa shape index (κ2) is 4.28. The van der Waals surface area contributed by atoms with Crippen molar-refractivity contribution in [1.29, 1.82) is 0 Å². The van der Waals surface area contributed by atoms with Crippen molar-refractivity contribution in [3.05, 3.63) is 17.7 Å². The van der Waals surface area contributed by atoms with Crippen LogP contribution in [0.3, 0.4) is 0 Å². The van der Waals surface area contributed by atoms with Gasteiger partial charge < -0.3 is 9.30 Å². The van der Waals surface area contributed by atoms with Crippen molar-refractivity contribution in [3.63, 3.8) is 0 Å². The van der Waals surface area contributed by atoms with Crippen LogP contribution in [0.5, 0.6) is 0 Å². The van der Waals surface area contributed by atoms with Crippen LogP contribution in [0.4, 0.5) is 0 Å². The first-order valence-corrected chi connectivity index (χ1v) is 5.33. The zero-order valence-corrected chi connectivity index (χ0v) is 9.70. The number of nitrogens with zero attached hydrogens (tertiary/aromatic N) is 2. The van der Waals surface area contributed by atoms with Crippen LogP contribution in [0.25, 0.3) is 0 Å². The fourth-order valence-corrected chi connectivity index (χ4v) is 1.75. The first-order valence-electron chi connectivity index (χ1n) is 7.33. The predicted octanol–water partition coefficient (Wildman–Crippen LogP) is 1.47. The van der Waals surface area contributed by atoms with Gasteiger partial charge in [-0.25, -0.2) is 4.98 Å². The highest BCUT2D eigenvalue weighted by atomic mass is 16.5. The molecule has 0 N–H and O–H groups in total. The van der Waals surface area contributed by atoms with Crippen LogP contribution in [0.1, 0.15) is 30.3 Å². The first kappa shape index (κ1) is 7.09. The molecular weight excluding hydrogens is 204 g/mol. The molecule has 1 aliphatic heterocycles. The molecule has 1 aromatic heterocycles. The molecule has 16 heavy (non-hydrogen) atoms. The molecule has 1 saturated heterocycles. The quantitative estimate of drug-likeness (QED) is 0.733. The third kappa shape index (κ3) is 1.84. The molecule has 4 nitrogen and oxygen atoms in total. The van der Waals surface area contributed by atoms with Crippen LogP contribution >= 0.6 is 0 Å². The normalized spacial score (nSPS) is 33.9. The standard InChI is InChI=1S/C12H18N2O2/c1-4-11-9(7-16-12(11)15)5-10-6-13-8(2)14(10)3/h6,9,11H,4-5,7H2,1-3H3/t9-,11-/m0/s1/i5D2,6D,11D. The Morgan fingerprint density at radius 3 is 3.19 bits per heavy atom. The van der Waals surface area contributed by atoms with Crippen LogP contribution in [0.15, 0.2) is 6.17 Å². The van der Waals surface area contributed by atoms with E-state index in [0.29, 0.717) is 5.82 Å². The van der Waals surface area contributed by atoms with E-state index in [1.165, 1.54) is 4.57 Å². The molecule has 0 bridgehead atoms. The van der Waals surface area contributed by atoms with Crippen LogP contribution in [-0.4, -0.2) is 22.1 Å². The maximum absolute atomic E-state index is 11.7. The summed E-state index contributed by atoms with van der Waals surface area (Å²) in [5.74, 6) is -2.74. The van der Waals surface area contributed by atoms with Gasteiger partial charge in [-0.1, -0.05) is 6.92 Å². The number of carbonyl (C=O) groups excluding carboxylic acids is 1. The van der Waals surface area contributed by atoms with E-state index in [4.69, 9.17) is 10.2 Å². The molecule has 1 aliphatic rings. The van der Waals surface area contributed by atoms with Gasteiger partial charge in [-0.2, -0.15) is 0 Å². The Balaban J connectivity index is 2.52. The summed E-state index contributed by atoms with van der Waals surface area (Å²) in [6.45, 7) is 3.20. The second-order valence-electron chi connectivity index (χ2n) is 3.85. The molecule has 2 atom stereocenters. The van der Waals surface area contributed by atoms with E-state index in [-0.39, 0.29) is 24.9 Å². The highest BCUT2D eigenvalue weighted by Gasteiger charge is 2.35. The van der Waals surface area contributed by atoms with Gasteiger partial charge in [0, 0.05) is 28.9 Å². The minimum Gasteiger partial charge on any atom is -0.465 e. The summed E-state index contributed by atoms with van der Waals surface area (Å²) in [6.07, 6.45) is -2.02. The molecule has 2 heterocycles. The fourth-order valence-electron chi connectivity index (χ4n) is 1.75. The lowest BCUT2D eigenvalue weighted by molar-refractivity contribution is -0.141. The number of ether oxygens (including phenoxy) is 1. The smallest absolute Gasteiger partial charge is 0.309 e. The summed E-state index contributed by atoms with van der Waals surface area (Å²) in [5.41, 5.74) is 0.0865. The van der Waals surface area contributed by atoms with Gasteiger partial charge >= 0.3 is 5.97 Å². The van der Waals surface area contributed by atoms with E-state index in [0.717, 1.165) is 0 Å². The Morgan fingerprint density at radius 1 is 1.88 bits per heavy atom. The number of rotatable bonds is 3. The average molecular weight is 226 g/mol. The highest BCUT2D eigenvalue weighted by Crippen LogP contribution is 2.28. The Labute approximate surface area is 101 Å². The van der Waals surface area contributed by atoms with Crippen molar-refractivity contribution >= 4 is 5.97 Å². The number of imidazole rings is 1. The zero-order valence-electron chi connectivity index (χ0n) is 13.7. The van der Waals surface area contributed by atoms with Crippen LogP contribution in [-0.2, 0) is 23.0 Å². The Kier molecular flexibility index (Phi) is 1.90. The van der Waals surface area contributed by atoms with E-state index < -0.39 is 24.2 Å². The van der Waals surface area contributed by atoms with Gasteiger partial charge in [0.25, 0.3) is 0 Å². The van der Waals surface area contributed by atoms with E-state index in [1.54, 1.807) is 20.9 Å². The van der Waals surface area contributed by atoms with Gasteiger partial charge in [0.15, 0.2) is 0 Å². The summed E-state index contributed by atoms with van der Waals surface area (Å²) in [6, 6.07) is 0. The van der Waals surface area contributed by atoms with Crippen molar-refractivity contribution in [1.82, 2.24) is 9.55 Å². The molecular formula is C12H18N2O2. The van der Waals surface area contributed by atoms with Gasteiger partial charge in [-0.3, -0.25) is 4.79 Å². The van der Waals surface area contributed by atoms with E-state index in [1.807, 2.05) is 0 Å². The number of esters is 1. The molecule has 0 amide bonds. The van der Waals surface area contributed by atoms with Gasteiger partial charge in [-0.05, 0) is 19.7 Å². The van der Waals surface area contributed by atoms with Crippen molar-refractivity contribution in [2.24, 2.45) is 18.9 Å². The number of hydrogen-bond acceptors (Lipinski definition) is 3. The van der Waals surface area contributed by atoms with Crippen molar-refractivity contribution < 1.29 is 15.0 Å². The largest absolute Gasteiger partial charge is 0.465 e. The molecule has 4 heteroatoms. The molecule has 0 radical (unpaired) electrons. The Morgan fingerprint density at radius 2 is 2.62 bits per heavy atom. The topological polar surface area (TPSA) is 44.1 Å². The molecule has 1 fully saturated rings. The third-order valence-electron chi connectivity index (χ3n) is 2.90. The summed E-state index contributed by atoms with van der Waals surface area (Å²) in [4.78, 5) is 15.7. The number of aryl methyl sites for hydroxylation is 1. The molecule has 1 aromatic rings. The highest BCUT2D eigenvalue weighted by molar-refractivity contribution is 5.74. The lowest BCUT2D eigenvalue weighted by atomic mass is 9.89. The summed E-state index contributed by atoms with van der Waals surface area (Å²) < 4.78 is 39.2. The predicted molar refractivity (Wildman–Crippen MR) is 59.9 cm³/mol. The Bertz CT molecular complexity index is 558.